The van der Waals surface area contributed by atoms with Crippen LogP contribution in [0.25, 0.3) is 121 Å². The highest BCUT2D eigenvalue weighted by molar-refractivity contribution is 6.25. The third-order valence-corrected chi connectivity index (χ3v) is 13.3. The second-order valence-electron chi connectivity index (χ2n) is 18.0. The van der Waals surface area contributed by atoms with Crippen molar-refractivity contribution < 1.29 is 4.42 Å². The lowest BCUT2D eigenvalue weighted by Crippen LogP contribution is -2.10. The van der Waals surface area contributed by atoms with E-state index in [4.69, 9.17) is 4.42 Å². The van der Waals surface area contributed by atoms with Crippen LogP contribution in [0, 0.1) is 0 Å². The van der Waals surface area contributed by atoms with Crippen LogP contribution in [-0.2, 0) is 5.41 Å². The molecule has 1 heterocycles. The van der Waals surface area contributed by atoms with Crippen LogP contribution < -0.4 is 0 Å². The Morgan fingerprint density at radius 2 is 0.778 bits per heavy atom. The molecule has 0 aliphatic carbocycles. The van der Waals surface area contributed by atoms with Crippen molar-refractivity contribution in [2.45, 2.75) is 26.2 Å². The topological polar surface area (TPSA) is 13.1 Å². The second kappa shape index (κ2) is 14.4. The predicted octanol–water partition coefficient (Wildman–Crippen LogP) is 17.8. The van der Waals surface area contributed by atoms with E-state index in [9.17, 15) is 0 Å². The maximum atomic E-state index is 6.27. The summed E-state index contributed by atoms with van der Waals surface area (Å²) in [6.07, 6.45) is 0. The Morgan fingerprint density at radius 1 is 0.286 bits per heavy atom. The molecule has 12 rings (SSSR count). The summed E-state index contributed by atoms with van der Waals surface area (Å²) in [7, 11) is 0. The number of benzene rings is 11. The Balaban J connectivity index is 1.05. The first-order valence-electron chi connectivity index (χ1n) is 22.0. The standard InChI is InChI=1S/C62H44O/c1-62(2,3)44-34-30-40(31-35-44)46-21-12-22-47(43-33-37-58-56(38-43)50-16-10-11-25-57(50)63-58)59(46)41-26-28-42(29-27-41)60-52-17-6-8-19-54(52)61(55-20-9-7-18-53(55)60)51-24-13-23-48-45-15-5-4-14-39(45)32-36-49(48)51/h4-38H,1-3H3. The molecule has 63 heavy (non-hydrogen) atoms. The molecule has 1 nitrogen and oxygen atoms in total. The molecule has 0 radical (unpaired) electrons. The van der Waals surface area contributed by atoms with Crippen molar-refractivity contribution in [3.8, 4) is 55.6 Å². The Kier molecular flexibility index (Phi) is 8.49. The summed E-state index contributed by atoms with van der Waals surface area (Å²) in [5.41, 5.74) is 15.3. The maximum Gasteiger partial charge on any atom is 0.135 e. The normalized spacial score (nSPS) is 12.0. The van der Waals surface area contributed by atoms with Crippen molar-refractivity contribution in [2.75, 3.05) is 0 Å². The molecular formula is C62H44O. The van der Waals surface area contributed by atoms with E-state index in [0.717, 1.165) is 27.5 Å². The van der Waals surface area contributed by atoms with Crippen molar-refractivity contribution in [1.82, 2.24) is 0 Å². The largest absolute Gasteiger partial charge is 0.456 e. The molecule has 0 amide bonds. The van der Waals surface area contributed by atoms with Gasteiger partial charge in [-0.2, -0.15) is 0 Å². The van der Waals surface area contributed by atoms with Gasteiger partial charge in [0.05, 0.1) is 0 Å². The highest BCUT2D eigenvalue weighted by atomic mass is 16.3. The van der Waals surface area contributed by atoms with Crippen LogP contribution in [-0.4, -0.2) is 0 Å². The minimum Gasteiger partial charge on any atom is -0.456 e. The molecule has 298 valence electrons. The minimum absolute atomic E-state index is 0.0676. The summed E-state index contributed by atoms with van der Waals surface area (Å²) in [6.45, 7) is 6.82. The SMILES string of the molecule is CC(C)(C)c1ccc(-c2cccc(-c3ccc4oc5ccccc5c4c3)c2-c2ccc(-c3c4ccccc4c(-c4cccc5c4ccc4ccccc45)c4ccccc34)cc2)cc1. The molecule has 0 atom stereocenters. The van der Waals surface area contributed by atoms with E-state index in [1.807, 2.05) is 6.07 Å². The zero-order valence-corrected chi connectivity index (χ0v) is 35.6. The van der Waals surface area contributed by atoms with Crippen LogP contribution in [0.3, 0.4) is 0 Å². The highest BCUT2D eigenvalue weighted by Gasteiger charge is 2.21. The van der Waals surface area contributed by atoms with E-state index in [-0.39, 0.29) is 5.41 Å². The summed E-state index contributed by atoms with van der Waals surface area (Å²) >= 11 is 0. The van der Waals surface area contributed by atoms with Gasteiger partial charge in [0, 0.05) is 10.8 Å². The van der Waals surface area contributed by atoms with Crippen LogP contribution in [0.15, 0.2) is 217 Å². The molecule has 0 spiro atoms. The fraction of sp³-hybridized carbons (Fsp3) is 0.0645. The average molecular weight is 805 g/mol. The fourth-order valence-electron chi connectivity index (χ4n) is 10.2. The van der Waals surface area contributed by atoms with E-state index in [1.54, 1.807) is 0 Å². The van der Waals surface area contributed by atoms with Gasteiger partial charge in [0.25, 0.3) is 0 Å². The molecule has 12 aromatic rings. The Labute approximate surface area is 367 Å². The molecule has 0 N–H and O–H groups in total. The van der Waals surface area contributed by atoms with Crippen LogP contribution in [0.4, 0.5) is 0 Å². The summed E-state index contributed by atoms with van der Waals surface area (Å²) < 4.78 is 6.27. The van der Waals surface area contributed by atoms with Crippen LogP contribution in [0.2, 0.25) is 0 Å². The Bertz CT molecular complexity index is 3690. The minimum atomic E-state index is 0.0676. The van der Waals surface area contributed by atoms with Crippen LogP contribution >= 0.6 is 0 Å². The molecule has 0 saturated carbocycles. The molecule has 11 aromatic carbocycles. The van der Waals surface area contributed by atoms with E-state index in [1.165, 1.54) is 98.7 Å². The number of hydrogen-bond donors (Lipinski definition) is 0. The molecule has 0 bridgehead atoms. The van der Waals surface area contributed by atoms with Crippen molar-refractivity contribution in [2.24, 2.45) is 0 Å². The van der Waals surface area contributed by atoms with Crippen LogP contribution in [0.1, 0.15) is 26.3 Å². The molecule has 0 unspecified atom stereocenters. The van der Waals surface area contributed by atoms with Crippen molar-refractivity contribution in [1.29, 1.82) is 0 Å². The van der Waals surface area contributed by atoms with Gasteiger partial charge < -0.3 is 4.42 Å². The third-order valence-electron chi connectivity index (χ3n) is 13.3. The van der Waals surface area contributed by atoms with Crippen LogP contribution in [0.5, 0.6) is 0 Å². The number of rotatable bonds is 5. The number of furan rings is 1. The lowest BCUT2D eigenvalue weighted by atomic mass is 9.83. The summed E-state index contributed by atoms with van der Waals surface area (Å²) in [4.78, 5) is 0. The van der Waals surface area contributed by atoms with E-state index in [2.05, 4.69) is 227 Å². The number of fused-ring (bicyclic) bond motifs is 8. The molecule has 0 aliphatic rings. The van der Waals surface area contributed by atoms with Crippen molar-refractivity contribution >= 4 is 65.0 Å². The molecule has 1 aromatic heterocycles. The number of hydrogen-bond acceptors (Lipinski definition) is 1. The first kappa shape index (κ1) is 37.1. The lowest BCUT2D eigenvalue weighted by molar-refractivity contribution is 0.590. The van der Waals surface area contributed by atoms with Crippen molar-refractivity contribution in [3.05, 3.63) is 218 Å². The van der Waals surface area contributed by atoms with Gasteiger partial charge in [0.1, 0.15) is 11.2 Å². The summed E-state index contributed by atoms with van der Waals surface area (Å²) in [5, 5.41) is 12.4. The summed E-state index contributed by atoms with van der Waals surface area (Å²) in [6, 6.07) is 78.3. The smallest absolute Gasteiger partial charge is 0.135 e. The zero-order valence-electron chi connectivity index (χ0n) is 35.6. The number of para-hydroxylation sites is 1. The monoisotopic (exact) mass is 804 g/mol. The average Bonchev–Trinajstić information content (AvgIpc) is 3.71. The van der Waals surface area contributed by atoms with E-state index < -0.39 is 0 Å². The molecule has 1 heteroatoms. The first-order chi connectivity index (χ1) is 30.9. The fourth-order valence-corrected chi connectivity index (χ4v) is 10.2. The van der Waals surface area contributed by atoms with Gasteiger partial charge in [0.2, 0.25) is 0 Å². The highest BCUT2D eigenvalue weighted by Crippen LogP contribution is 2.47. The first-order valence-corrected chi connectivity index (χ1v) is 22.0. The third kappa shape index (κ3) is 6.07. The van der Waals surface area contributed by atoms with Gasteiger partial charge >= 0.3 is 0 Å². The molecule has 0 aliphatic heterocycles. The van der Waals surface area contributed by atoms with Gasteiger partial charge in [0.15, 0.2) is 0 Å². The lowest BCUT2D eigenvalue weighted by Gasteiger charge is -2.21. The maximum absolute atomic E-state index is 6.27. The molecule has 0 fully saturated rings. The van der Waals surface area contributed by atoms with E-state index in [0.29, 0.717) is 0 Å². The Morgan fingerprint density at radius 3 is 1.46 bits per heavy atom. The van der Waals surface area contributed by atoms with E-state index >= 15 is 0 Å². The van der Waals surface area contributed by atoms with Gasteiger partial charge in [-0.1, -0.05) is 215 Å². The van der Waals surface area contributed by atoms with Gasteiger partial charge in [-0.25, -0.2) is 0 Å². The zero-order chi connectivity index (χ0) is 42.2. The molecular weight excluding hydrogens is 761 g/mol. The summed E-state index contributed by atoms with van der Waals surface area (Å²) in [5.74, 6) is 0. The van der Waals surface area contributed by atoms with Gasteiger partial charge in [-0.3, -0.25) is 0 Å². The molecule has 0 saturated heterocycles. The van der Waals surface area contributed by atoms with Crippen molar-refractivity contribution in [3.63, 3.8) is 0 Å². The van der Waals surface area contributed by atoms with Gasteiger partial charge in [-0.15, -0.1) is 0 Å². The predicted molar refractivity (Wildman–Crippen MR) is 270 cm³/mol. The van der Waals surface area contributed by atoms with Gasteiger partial charge in [-0.05, 0) is 128 Å². The Hall–Kier alpha value is -7.74. The second-order valence-corrected chi connectivity index (χ2v) is 18.0. The quantitative estimate of drug-likeness (QED) is 0.125.